The van der Waals surface area contributed by atoms with Gasteiger partial charge < -0.3 is 5.32 Å². The molecule has 0 saturated carbocycles. The fourth-order valence-electron chi connectivity index (χ4n) is 2.47. The maximum Gasteiger partial charge on any atom is 0.267 e. The molecule has 0 bridgehead atoms. The first-order chi connectivity index (χ1) is 12.0. The van der Waals surface area contributed by atoms with Crippen molar-refractivity contribution in [2.45, 2.75) is 19.3 Å². The molecule has 0 spiro atoms. The number of hydrogen-bond donors (Lipinski definition) is 1. The van der Waals surface area contributed by atoms with Crippen molar-refractivity contribution in [2.24, 2.45) is 5.10 Å². The van der Waals surface area contributed by atoms with Gasteiger partial charge in [0.05, 0.1) is 11.4 Å². The molecule has 1 aliphatic heterocycles. The third kappa shape index (κ3) is 4.09. The second-order valence-corrected chi connectivity index (χ2v) is 5.70. The van der Waals surface area contributed by atoms with Crippen LogP contribution in [-0.2, 0) is 16.0 Å². The van der Waals surface area contributed by atoms with Crippen molar-refractivity contribution in [3.05, 3.63) is 48.0 Å². The van der Waals surface area contributed by atoms with E-state index in [0.717, 1.165) is 11.4 Å². The van der Waals surface area contributed by atoms with Gasteiger partial charge >= 0.3 is 0 Å². The van der Waals surface area contributed by atoms with E-state index < -0.39 is 0 Å². The Morgan fingerprint density at radius 3 is 2.72 bits per heavy atom. The molecule has 2 heterocycles. The molecule has 0 atom stereocenters. The Balaban J connectivity index is 1.53. The fraction of sp³-hybridized carbons (Fsp3) is 0.294. The van der Waals surface area contributed by atoms with Gasteiger partial charge in [-0.2, -0.15) is 10.2 Å². The maximum atomic E-state index is 12.9. The van der Waals surface area contributed by atoms with Crippen molar-refractivity contribution in [1.29, 1.82) is 0 Å². The first-order valence-corrected chi connectivity index (χ1v) is 7.95. The highest BCUT2D eigenvalue weighted by Crippen LogP contribution is 2.09. The normalized spacial score (nSPS) is 14.4. The summed E-state index contributed by atoms with van der Waals surface area (Å²) in [5.74, 6) is -0.656. The smallest absolute Gasteiger partial charge is 0.267 e. The van der Waals surface area contributed by atoms with E-state index in [9.17, 15) is 14.0 Å². The molecular weight excluding hydrogens is 325 g/mol. The van der Waals surface area contributed by atoms with Gasteiger partial charge in [-0.25, -0.2) is 14.1 Å². The summed E-state index contributed by atoms with van der Waals surface area (Å²) in [6, 6.07) is 7.90. The zero-order chi connectivity index (χ0) is 17.8. The number of carbonyl (C=O) groups is 2. The lowest BCUT2D eigenvalue weighted by Crippen LogP contribution is -2.38. The van der Waals surface area contributed by atoms with Gasteiger partial charge in [0.1, 0.15) is 11.5 Å². The Morgan fingerprint density at radius 2 is 2.00 bits per heavy atom. The summed E-state index contributed by atoms with van der Waals surface area (Å²) >= 11 is 0. The Kier molecular flexibility index (Phi) is 4.87. The lowest BCUT2D eigenvalue weighted by Gasteiger charge is -2.18. The number of halogens is 1. The summed E-state index contributed by atoms with van der Waals surface area (Å²) in [5, 5.41) is 12.4. The Morgan fingerprint density at radius 1 is 1.24 bits per heavy atom. The van der Waals surface area contributed by atoms with Crippen LogP contribution in [0.2, 0.25) is 0 Å². The number of amides is 2. The Bertz CT molecular complexity index is 813. The topological polar surface area (TPSA) is 79.6 Å². The summed E-state index contributed by atoms with van der Waals surface area (Å²) < 4.78 is 14.6. The van der Waals surface area contributed by atoms with Crippen LogP contribution in [0.3, 0.4) is 0 Å². The molecule has 1 aliphatic rings. The van der Waals surface area contributed by atoms with Gasteiger partial charge in [-0.3, -0.25) is 9.59 Å². The van der Waals surface area contributed by atoms with Gasteiger partial charge in [-0.1, -0.05) is 0 Å². The van der Waals surface area contributed by atoms with Crippen LogP contribution in [0.25, 0.3) is 5.69 Å². The summed E-state index contributed by atoms with van der Waals surface area (Å²) in [5.41, 5.74) is 1.93. The Hall–Kier alpha value is -3.03. The number of nitrogens with one attached hydrogen (secondary N) is 1. The third-order valence-corrected chi connectivity index (χ3v) is 3.87. The number of benzene rings is 1. The van der Waals surface area contributed by atoms with Crippen LogP contribution in [0.1, 0.15) is 18.5 Å². The molecule has 8 heteroatoms. The van der Waals surface area contributed by atoms with Crippen LogP contribution >= 0.6 is 0 Å². The van der Waals surface area contributed by atoms with Gasteiger partial charge in [0.25, 0.3) is 5.91 Å². The molecular formula is C17H18FN5O2. The second-order valence-electron chi connectivity index (χ2n) is 5.70. The fourth-order valence-corrected chi connectivity index (χ4v) is 2.47. The van der Waals surface area contributed by atoms with Gasteiger partial charge in [-0.05, 0) is 30.3 Å². The molecule has 0 radical (unpaired) electrons. The quantitative estimate of drug-likeness (QED) is 0.888. The largest absolute Gasteiger partial charge is 0.351 e. The predicted octanol–water partition coefficient (Wildman–Crippen LogP) is 1.28. The minimum atomic E-state index is -0.295. The number of hydrazone groups is 1. The lowest BCUT2D eigenvalue weighted by molar-refractivity contribution is -0.130. The van der Waals surface area contributed by atoms with E-state index in [4.69, 9.17) is 0 Å². The lowest BCUT2D eigenvalue weighted by atomic mass is 10.1. The van der Waals surface area contributed by atoms with Crippen LogP contribution in [-0.4, -0.2) is 45.9 Å². The number of hydrogen-bond acceptors (Lipinski definition) is 4. The van der Waals surface area contributed by atoms with Gasteiger partial charge in [0, 0.05) is 39.1 Å². The average Bonchev–Trinajstić information content (AvgIpc) is 3.06. The van der Waals surface area contributed by atoms with Gasteiger partial charge in [0.15, 0.2) is 0 Å². The molecule has 25 heavy (non-hydrogen) atoms. The van der Waals surface area contributed by atoms with E-state index in [1.54, 1.807) is 23.0 Å². The van der Waals surface area contributed by atoms with E-state index in [1.165, 1.54) is 24.2 Å². The molecule has 1 N–H and O–H groups in total. The van der Waals surface area contributed by atoms with Crippen molar-refractivity contribution >= 4 is 17.5 Å². The van der Waals surface area contributed by atoms with Crippen molar-refractivity contribution in [2.75, 3.05) is 13.6 Å². The van der Waals surface area contributed by atoms with E-state index in [-0.39, 0.29) is 17.6 Å². The van der Waals surface area contributed by atoms with E-state index in [1.807, 2.05) is 6.07 Å². The molecule has 1 aromatic heterocycles. The molecule has 2 amide bonds. The maximum absolute atomic E-state index is 12.9. The molecule has 1 aromatic carbocycles. The molecule has 2 aromatic rings. The zero-order valence-electron chi connectivity index (χ0n) is 13.8. The monoisotopic (exact) mass is 343 g/mol. The minimum Gasteiger partial charge on any atom is -0.351 e. The highest BCUT2D eigenvalue weighted by molar-refractivity contribution is 6.39. The van der Waals surface area contributed by atoms with Crippen LogP contribution in [0.4, 0.5) is 4.39 Å². The Labute approximate surface area is 144 Å². The van der Waals surface area contributed by atoms with Crippen molar-refractivity contribution in [1.82, 2.24) is 20.1 Å². The van der Waals surface area contributed by atoms with Crippen LogP contribution in [0, 0.1) is 5.82 Å². The highest BCUT2D eigenvalue weighted by atomic mass is 19.1. The summed E-state index contributed by atoms with van der Waals surface area (Å²) in [7, 11) is 1.54. The standard InChI is InChI=1S/C17H18FN5O2/c1-22-16(24)7-6-15(21-22)17(25)19-10-8-13-9-11-23(20-13)14-4-2-12(18)3-5-14/h2-5,9,11H,6-8,10H2,1H3,(H,19,25). The molecule has 0 unspecified atom stereocenters. The summed E-state index contributed by atoms with van der Waals surface area (Å²) in [6.45, 7) is 0.413. The van der Waals surface area contributed by atoms with Crippen LogP contribution in [0.5, 0.6) is 0 Å². The van der Waals surface area contributed by atoms with Crippen molar-refractivity contribution in [3.8, 4) is 5.69 Å². The van der Waals surface area contributed by atoms with Crippen molar-refractivity contribution < 1.29 is 14.0 Å². The van der Waals surface area contributed by atoms with E-state index in [2.05, 4.69) is 15.5 Å². The molecule has 0 aliphatic carbocycles. The van der Waals surface area contributed by atoms with E-state index >= 15 is 0 Å². The van der Waals surface area contributed by atoms with Crippen LogP contribution in [0.15, 0.2) is 41.6 Å². The number of carbonyl (C=O) groups excluding carboxylic acids is 2. The molecule has 3 rings (SSSR count). The second kappa shape index (κ2) is 7.25. The average molecular weight is 343 g/mol. The number of nitrogens with zero attached hydrogens (tertiary/aromatic N) is 4. The molecule has 0 saturated heterocycles. The molecule has 130 valence electrons. The molecule has 0 fully saturated rings. The van der Waals surface area contributed by atoms with Gasteiger partial charge in [0.2, 0.25) is 5.91 Å². The number of rotatable bonds is 5. The first-order valence-electron chi connectivity index (χ1n) is 7.95. The zero-order valence-corrected chi connectivity index (χ0v) is 13.8. The summed E-state index contributed by atoms with van der Waals surface area (Å²) in [4.78, 5) is 23.4. The summed E-state index contributed by atoms with van der Waals surface area (Å²) in [6.07, 6.45) is 3.00. The van der Waals surface area contributed by atoms with Gasteiger partial charge in [-0.15, -0.1) is 0 Å². The highest BCUT2D eigenvalue weighted by Gasteiger charge is 2.21. The molecule has 7 nitrogen and oxygen atoms in total. The van der Waals surface area contributed by atoms with Crippen LogP contribution < -0.4 is 5.32 Å². The van der Waals surface area contributed by atoms with Crippen molar-refractivity contribution in [3.63, 3.8) is 0 Å². The number of aromatic nitrogens is 2. The SMILES string of the molecule is CN1N=C(C(=O)NCCc2ccn(-c3ccc(F)cc3)n2)CCC1=O. The third-order valence-electron chi connectivity index (χ3n) is 3.87. The van der Waals surface area contributed by atoms with E-state index in [0.29, 0.717) is 31.5 Å². The predicted molar refractivity (Wildman–Crippen MR) is 89.7 cm³/mol. The first kappa shape index (κ1) is 16.8. The minimum absolute atomic E-state index is 0.0946.